The van der Waals surface area contributed by atoms with E-state index >= 15 is 0 Å². The predicted octanol–water partition coefficient (Wildman–Crippen LogP) is 3.56. The summed E-state index contributed by atoms with van der Waals surface area (Å²) < 4.78 is 43.3. The van der Waals surface area contributed by atoms with E-state index in [1.54, 1.807) is 31.5 Å². The molecule has 1 aromatic carbocycles. The zero-order valence-electron chi connectivity index (χ0n) is 17.8. The number of rotatable bonds is 3. The maximum absolute atomic E-state index is 12.6. The molecule has 10 heteroatoms. The highest BCUT2D eigenvalue weighted by Crippen LogP contribution is 2.49. The number of carboxylic acids is 1. The zero-order chi connectivity index (χ0) is 23.5. The molecule has 32 heavy (non-hydrogen) atoms. The van der Waals surface area contributed by atoms with Crippen LogP contribution in [-0.4, -0.2) is 60.1 Å². The van der Waals surface area contributed by atoms with Crippen LogP contribution in [0.5, 0.6) is 0 Å². The molecular formula is C22H25F3N2O5. The number of aliphatic carboxylic acids is 1. The first-order chi connectivity index (χ1) is 15.0. The second kappa shape index (κ2) is 9.33. The summed E-state index contributed by atoms with van der Waals surface area (Å²) >= 11 is 0. The molecule has 1 unspecified atom stereocenters. The van der Waals surface area contributed by atoms with Crippen LogP contribution in [-0.2, 0) is 26.5 Å². The van der Waals surface area contributed by atoms with E-state index in [1.807, 2.05) is 24.3 Å². The number of furan rings is 1. The monoisotopic (exact) mass is 454 g/mol. The van der Waals surface area contributed by atoms with E-state index in [-0.39, 0.29) is 11.5 Å². The zero-order valence-corrected chi connectivity index (χ0v) is 17.8. The Kier molecular flexibility index (Phi) is 6.94. The van der Waals surface area contributed by atoms with Crippen molar-refractivity contribution >= 4 is 11.9 Å². The first-order valence-electron chi connectivity index (χ1n) is 10.1. The van der Waals surface area contributed by atoms with Gasteiger partial charge < -0.3 is 19.2 Å². The number of amides is 1. The van der Waals surface area contributed by atoms with E-state index in [9.17, 15) is 18.0 Å². The number of hydrogen-bond acceptors (Lipinski definition) is 5. The minimum Gasteiger partial charge on any atom is -0.475 e. The van der Waals surface area contributed by atoms with Crippen LogP contribution in [0.4, 0.5) is 13.2 Å². The smallest absolute Gasteiger partial charge is 0.475 e. The molecule has 2 aliphatic rings. The van der Waals surface area contributed by atoms with Gasteiger partial charge in [-0.25, -0.2) is 4.79 Å². The van der Waals surface area contributed by atoms with Crippen molar-refractivity contribution in [2.45, 2.75) is 37.3 Å². The second-order valence-corrected chi connectivity index (χ2v) is 8.02. The third-order valence-electron chi connectivity index (χ3n) is 5.64. The molecule has 1 saturated heterocycles. The van der Waals surface area contributed by atoms with Gasteiger partial charge in [0.1, 0.15) is 0 Å². The Hall–Kier alpha value is -2.85. The van der Waals surface area contributed by atoms with E-state index in [1.165, 1.54) is 11.1 Å². The quantitative estimate of drug-likeness (QED) is 0.764. The molecule has 4 rings (SSSR count). The van der Waals surface area contributed by atoms with Crippen molar-refractivity contribution in [2.75, 3.05) is 27.2 Å². The van der Waals surface area contributed by atoms with Gasteiger partial charge in [0.25, 0.3) is 5.91 Å². The summed E-state index contributed by atoms with van der Waals surface area (Å²) in [5.41, 5.74) is 3.09. The summed E-state index contributed by atoms with van der Waals surface area (Å²) in [6.07, 6.45) is -0.240. The summed E-state index contributed by atoms with van der Waals surface area (Å²) in [5, 5.41) is 7.12. The lowest BCUT2D eigenvalue weighted by Gasteiger charge is -2.39. The van der Waals surface area contributed by atoms with Gasteiger partial charge in [-0.2, -0.15) is 13.2 Å². The lowest BCUT2D eigenvalue weighted by Crippen LogP contribution is -2.42. The van der Waals surface area contributed by atoms with Crippen molar-refractivity contribution in [1.29, 1.82) is 0 Å². The van der Waals surface area contributed by atoms with Crippen LogP contribution in [0.3, 0.4) is 0 Å². The molecule has 0 saturated carbocycles. The third kappa shape index (κ3) is 5.13. The molecule has 1 aromatic heterocycles. The van der Waals surface area contributed by atoms with Crippen LogP contribution in [0.1, 0.15) is 35.6 Å². The van der Waals surface area contributed by atoms with Crippen LogP contribution < -0.4 is 0 Å². The number of carbonyl (C=O) groups excluding carboxylic acids is 1. The highest BCUT2D eigenvalue weighted by molar-refractivity contribution is 5.83. The fourth-order valence-corrected chi connectivity index (χ4v) is 4.01. The minimum atomic E-state index is -5.08. The molecular weight excluding hydrogens is 429 g/mol. The number of benzene rings is 1. The molecule has 2 aromatic rings. The van der Waals surface area contributed by atoms with Gasteiger partial charge in [0.05, 0.1) is 18.1 Å². The SMILES string of the molecule is CN(C)C(=O)C1OC2(CCN(Cc3ccoc3)CC2)c2ccccc21.O=C(O)C(F)(F)F. The molecule has 174 valence electrons. The van der Waals surface area contributed by atoms with Crippen LogP contribution in [0.15, 0.2) is 47.3 Å². The molecule has 1 fully saturated rings. The molecule has 7 nitrogen and oxygen atoms in total. The Morgan fingerprint density at radius 3 is 2.34 bits per heavy atom. The Balaban J connectivity index is 0.000000360. The van der Waals surface area contributed by atoms with Gasteiger partial charge in [-0.15, -0.1) is 0 Å². The van der Waals surface area contributed by atoms with Crippen LogP contribution in [0.2, 0.25) is 0 Å². The average molecular weight is 454 g/mol. The number of piperidine rings is 1. The topological polar surface area (TPSA) is 83.2 Å². The maximum atomic E-state index is 12.6. The van der Waals surface area contributed by atoms with Gasteiger partial charge >= 0.3 is 12.1 Å². The van der Waals surface area contributed by atoms with Crippen molar-refractivity contribution < 1.29 is 37.0 Å². The van der Waals surface area contributed by atoms with Crippen molar-refractivity contribution in [3.8, 4) is 0 Å². The standard InChI is InChI=1S/C20H24N2O3.C2HF3O2/c1-21(2)19(23)18-16-5-3-4-6-17(16)20(25-18)8-10-22(11-9-20)13-15-7-12-24-14-15;3-2(4,5)1(6)7/h3-7,12,14,18H,8-11,13H2,1-2H3;(H,6,7). The fourth-order valence-electron chi connectivity index (χ4n) is 4.01. The van der Waals surface area contributed by atoms with E-state index in [0.717, 1.165) is 38.0 Å². The Morgan fingerprint density at radius 1 is 1.19 bits per heavy atom. The predicted molar refractivity (Wildman–Crippen MR) is 108 cm³/mol. The number of hydrogen-bond donors (Lipinski definition) is 1. The first kappa shape index (κ1) is 23.8. The van der Waals surface area contributed by atoms with Crippen LogP contribution >= 0.6 is 0 Å². The van der Waals surface area contributed by atoms with Crippen molar-refractivity contribution in [2.24, 2.45) is 0 Å². The minimum absolute atomic E-state index is 0.0187. The normalized spacial score (nSPS) is 19.7. The molecule has 0 radical (unpaired) electrons. The molecule has 0 bridgehead atoms. The Bertz CT molecular complexity index is 935. The number of halogens is 3. The van der Waals surface area contributed by atoms with Crippen LogP contribution in [0, 0.1) is 0 Å². The summed E-state index contributed by atoms with van der Waals surface area (Å²) in [7, 11) is 3.57. The summed E-state index contributed by atoms with van der Waals surface area (Å²) in [4.78, 5) is 25.5. The highest BCUT2D eigenvalue weighted by atomic mass is 19.4. The number of carbonyl (C=O) groups is 2. The molecule has 1 amide bonds. The van der Waals surface area contributed by atoms with E-state index in [0.29, 0.717) is 0 Å². The molecule has 1 N–H and O–H groups in total. The van der Waals surface area contributed by atoms with Crippen molar-refractivity contribution in [3.63, 3.8) is 0 Å². The van der Waals surface area contributed by atoms with Gasteiger partial charge in [0.2, 0.25) is 0 Å². The highest BCUT2D eigenvalue weighted by Gasteiger charge is 2.49. The average Bonchev–Trinajstić information content (AvgIpc) is 3.36. The van der Waals surface area contributed by atoms with Gasteiger partial charge in [-0.1, -0.05) is 24.3 Å². The number of nitrogens with zero attached hydrogens (tertiary/aromatic N) is 2. The second-order valence-electron chi connectivity index (χ2n) is 8.02. The van der Waals surface area contributed by atoms with Gasteiger partial charge in [-0.3, -0.25) is 9.69 Å². The summed E-state index contributed by atoms with van der Waals surface area (Å²) in [6.45, 7) is 2.79. The maximum Gasteiger partial charge on any atom is 0.490 e. The Labute approximate surface area is 183 Å². The first-order valence-corrected chi connectivity index (χ1v) is 10.1. The molecule has 2 aliphatic heterocycles. The number of fused-ring (bicyclic) bond motifs is 2. The third-order valence-corrected chi connectivity index (χ3v) is 5.64. The number of carboxylic acid groups (broad SMARTS) is 1. The number of likely N-dealkylation sites (tertiary alicyclic amines) is 1. The van der Waals surface area contributed by atoms with Crippen LogP contribution in [0.25, 0.3) is 0 Å². The molecule has 0 aliphatic carbocycles. The molecule has 1 atom stereocenters. The van der Waals surface area contributed by atoms with E-state index < -0.39 is 18.2 Å². The number of ether oxygens (including phenoxy) is 1. The summed E-state index contributed by atoms with van der Waals surface area (Å²) in [6, 6.07) is 10.2. The van der Waals surface area contributed by atoms with Gasteiger partial charge in [0, 0.05) is 39.3 Å². The Morgan fingerprint density at radius 2 is 1.81 bits per heavy atom. The lowest BCUT2D eigenvalue weighted by atomic mass is 9.83. The van der Waals surface area contributed by atoms with Crippen molar-refractivity contribution in [3.05, 3.63) is 59.5 Å². The molecule has 3 heterocycles. The summed E-state index contributed by atoms with van der Waals surface area (Å²) in [5.74, 6) is -2.74. The van der Waals surface area contributed by atoms with Crippen molar-refractivity contribution in [1.82, 2.24) is 9.80 Å². The van der Waals surface area contributed by atoms with Gasteiger partial charge in [0.15, 0.2) is 6.10 Å². The number of alkyl halides is 3. The largest absolute Gasteiger partial charge is 0.490 e. The van der Waals surface area contributed by atoms with E-state index in [4.69, 9.17) is 19.1 Å². The van der Waals surface area contributed by atoms with Gasteiger partial charge in [-0.05, 0) is 30.0 Å². The lowest BCUT2D eigenvalue weighted by molar-refractivity contribution is -0.192. The fraction of sp³-hybridized carbons (Fsp3) is 0.455. The number of likely N-dealkylation sites (N-methyl/N-ethyl adjacent to an activating group) is 1. The molecule has 1 spiro atoms. The van der Waals surface area contributed by atoms with E-state index in [2.05, 4.69) is 11.0 Å².